The Balaban J connectivity index is 1.45. The second-order valence-corrected chi connectivity index (χ2v) is 6.51. The van der Waals surface area contributed by atoms with Crippen molar-refractivity contribution in [2.24, 2.45) is 0 Å². The molecule has 6 nitrogen and oxygen atoms in total. The Morgan fingerprint density at radius 2 is 2.09 bits per heavy atom. The summed E-state index contributed by atoms with van der Waals surface area (Å²) in [5.41, 5.74) is 1.15. The number of ether oxygens (including phenoxy) is 2. The van der Waals surface area contributed by atoms with Gasteiger partial charge < -0.3 is 20.1 Å². The fourth-order valence-electron chi connectivity index (χ4n) is 2.82. The van der Waals surface area contributed by atoms with Gasteiger partial charge in [-0.05, 0) is 38.1 Å². The molecule has 1 fully saturated rings. The number of hydrogen-bond acceptors (Lipinski definition) is 6. The van der Waals surface area contributed by atoms with Crippen LogP contribution >= 0.6 is 11.3 Å². The van der Waals surface area contributed by atoms with Crippen molar-refractivity contribution in [2.45, 2.75) is 18.8 Å². The average molecular weight is 331 g/mol. The van der Waals surface area contributed by atoms with E-state index in [1.54, 1.807) is 29.5 Å². The molecule has 0 radical (unpaired) electrons. The number of hydrogen-bond donors (Lipinski definition) is 2. The zero-order valence-electron chi connectivity index (χ0n) is 12.5. The van der Waals surface area contributed by atoms with Crippen molar-refractivity contribution < 1.29 is 14.3 Å². The number of fused-ring (bicyclic) bond motifs is 1. The van der Waals surface area contributed by atoms with Gasteiger partial charge in [-0.15, -0.1) is 11.3 Å². The molecule has 2 aromatic rings. The number of amides is 1. The van der Waals surface area contributed by atoms with Crippen LogP contribution in [0.25, 0.3) is 0 Å². The molecule has 4 rings (SSSR count). The minimum atomic E-state index is -0.194. The Labute approximate surface area is 137 Å². The molecule has 2 aliphatic rings. The number of carbonyl (C=O) groups is 1. The molecule has 1 saturated heterocycles. The minimum absolute atomic E-state index is 0.194. The van der Waals surface area contributed by atoms with Crippen LogP contribution in [0.5, 0.6) is 11.5 Å². The lowest BCUT2D eigenvalue weighted by Gasteiger charge is -2.20. The molecule has 0 spiro atoms. The lowest BCUT2D eigenvalue weighted by molar-refractivity contribution is 0.102. The van der Waals surface area contributed by atoms with Crippen LogP contribution in [0.4, 0.5) is 5.69 Å². The number of nitrogens with one attached hydrogen (secondary N) is 2. The Hall–Kier alpha value is -2.12. The molecule has 0 unspecified atom stereocenters. The van der Waals surface area contributed by atoms with Crippen molar-refractivity contribution in [2.75, 3.05) is 25.2 Å². The fourth-order valence-corrected chi connectivity index (χ4v) is 3.79. The normalized spacial score (nSPS) is 17.2. The van der Waals surface area contributed by atoms with Crippen LogP contribution in [0.1, 0.15) is 34.3 Å². The van der Waals surface area contributed by atoms with Crippen molar-refractivity contribution in [3.63, 3.8) is 0 Å². The highest BCUT2D eigenvalue weighted by molar-refractivity contribution is 7.09. The second-order valence-electron chi connectivity index (χ2n) is 5.62. The van der Waals surface area contributed by atoms with E-state index < -0.39 is 0 Å². The van der Waals surface area contributed by atoms with Gasteiger partial charge in [0.15, 0.2) is 11.5 Å². The molecular weight excluding hydrogens is 314 g/mol. The maximum absolute atomic E-state index is 12.4. The maximum atomic E-state index is 12.4. The van der Waals surface area contributed by atoms with Gasteiger partial charge in [0.05, 0.1) is 5.01 Å². The van der Waals surface area contributed by atoms with E-state index in [-0.39, 0.29) is 12.7 Å². The van der Waals surface area contributed by atoms with E-state index >= 15 is 0 Å². The standard InChI is InChI=1S/C16H17N3O3S/c20-15(18-11-1-2-13-14(7-11)22-9-21-13)12-8-23-16(19-12)10-3-5-17-6-4-10/h1-2,7-8,10,17H,3-6,9H2,(H,18,20). The van der Waals surface area contributed by atoms with Gasteiger partial charge in [0.25, 0.3) is 5.91 Å². The predicted molar refractivity (Wildman–Crippen MR) is 87.5 cm³/mol. The zero-order chi connectivity index (χ0) is 15.6. The van der Waals surface area contributed by atoms with Gasteiger partial charge >= 0.3 is 0 Å². The molecule has 23 heavy (non-hydrogen) atoms. The molecule has 2 aliphatic heterocycles. The van der Waals surface area contributed by atoms with Gasteiger partial charge in [0.1, 0.15) is 5.69 Å². The van der Waals surface area contributed by atoms with Gasteiger partial charge in [0, 0.05) is 23.1 Å². The number of anilines is 1. The maximum Gasteiger partial charge on any atom is 0.275 e. The first kappa shape index (κ1) is 14.5. The van der Waals surface area contributed by atoms with E-state index in [1.807, 2.05) is 5.38 Å². The highest BCUT2D eigenvalue weighted by Gasteiger charge is 2.21. The SMILES string of the molecule is O=C(Nc1ccc2c(c1)OCO2)c1csc(C2CCNCC2)n1. The number of rotatable bonds is 3. The van der Waals surface area contributed by atoms with Gasteiger partial charge in [0.2, 0.25) is 6.79 Å². The Kier molecular flexibility index (Phi) is 3.88. The number of aromatic nitrogens is 1. The Bertz CT molecular complexity index is 725. The van der Waals surface area contributed by atoms with Gasteiger partial charge in [-0.3, -0.25) is 4.79 Å². The number of thiazole rings is 1. The van der Waals surface area contributed by atoms with E-state index in [0.717, 1.165) is 30.9 Å². The molecule has 0 bridgehead atoms. The van der Waals surface area contributed by atoms with Crippen molar-refractivity contribution in [1.82, 2.24) is 10.3 Å². The molecule has 0 aliphatic carbocycles. The summed E-state index contributed by atoms with van der Waals surface area (Å²) < 4.78 is 10.6. The first-order valence-electron chi connectivity index (χ1n) is 7.67. The summed E-state index contributed by atoms with van der Waals surface area (Å²) in [4.78, 5) is 16.9. The molecule has 3 heterocycles. The quantitative estimate of drug-likeness (QED) is 0.904. The molecule has 0 saturated carbocycles. The van der Waals surface area contributed by atoms with Gasteiger partial charge in [-0.2, -0.15) is 0 Å². The van der Waals surface area contributed by atoms with Gasteiger partial charge in [-0.1, -0.05) is 0 Å². The monoisotopic (exact) mass is 331 g/mol. The van der Waals surface area contributed by atoms with E-state index in [1.165, 1.54) is 0 Å². The van der Waals surface area contributed by atoms with Crippen molar-refractivity contribution in [3.8, 4) is 11.5 Å². The van der Waals surface area contributed by atoms with Crippen LogP contribution in [-0.4, -0.2) is 30.8 Å². The first-order chi connectivity index (χ1) is 11.3. The highest BCUT2D eigenvalue weighted by atomic mass is 32.1. The van der Waals surface area contributed by atoms with Crippen LogP contribution in [0.15, 0.2) is 23.6 Å². The second kappa shape index (κ2) is 6.17. The zero-order valence-corrected chi connectivity index (χ0v) is 13.3. The molecule has 2 N–H and O–H groups in total. The number of carbonyl (C=O) groups excluding carboxylic acids is 1. The summed E-state index contributed by atoms with van der Waals surface area (Å²) in [6.07, 6.45) is 2.16. The molecular formula is C16H17N3O3S. The third-order valence-corrected chi connectivity index (χ3v) is 5.08. The van der Waals surface area contributed by atoms with Crippen molar-refractivity contribution in [1.29, 1.82) is 0 Å². The minimum Gasteiger partial charge on any atom is -0.454 e. The van der Waals surface area contributed by atoms with Gasteiger partial charge in [-0.25, -0.2) is 4.98 Å². The lowest BCUT2D eigenvalue weighted by atomic mass is 9.99. The van der Waals surface area contributed by atoms with Crippen LogP contribution in [0.3, 0.4) is 0 Å². The molecule has 7 heteroatoms. The Morgan fingerprint density at radius 1 is 1.26 bits per heavy atom. The number of nitrogens with zero attached hydrogens (tertiary/aromatic N) is 1. The summed E-state index contributed by atoms with van der Waals surface area (Å²) in [5, 5.41) is 9.09. The number of benzene rings is 1. The molecule has 0 atom stereocenters. The largest absolute Gasteiger partial charge is 0.454 e. The average Bonchev–Trinajstić information content (AvgIpc) is 3.24. The Morgan fingerprint density at radius 3 is 2.96 bits per heavy atom. The molecule has 120 valence electrons. The lowest BCUT2D eigenvalue weighted by Crippen LogP contribution is -2.26. The number of piperidine rings is 1. The van der Waals surface area contributed by atoms with E-state index in [9.17, 15) is 4.79 Å². The topological polar surface area (TPSA) is 72.5 Å². The van der Waals surface area contributed by atoms with Crippen LogP contribution in [-0.2, 0) is 0 Å². The fraction of sp³-hybridized carbons (Fsp3) is 0.375. The van der Waals surface area contributed by atoms with E-state index in [4.69, 9.17) is 9.47 Å². The van der Waals surface area contributed by atoms with Crippen molar-refractivity contribution in [3.05, 3.63) is 34.3 Å². The summed E-state index contributed by atoms with van der Waals surface area (Å²) in [7, 11) is 0. The van der Waals surface area contributed by atoms with E-state index in [2.05, 4.69) is 15.6 Å². The van der Waals surface area contributed by atoms with Crippen LogP contribution in [0.2, 0.25) is 0 Å². The summed E-state index contributed by atoms with van der Waals surface area (Å²) in [6, 6.07) is 5.35. The molecule has 1 amide bonds. The smallest absolute Gasteiger partial charge is 0.275 e. The predicted octanol–water partition coefficient (Wildman–Crippen LogP) is 2.59. The molecule has 1 aromatic heterocycles. The van der Waals surface area contributed by atoms with E-state index in [0.29, 0.717) is 28.8 Å². The third kappa shape index (κ3) is 3.02. The van der Waals surface area contributed by atoms with Crippen LogP contribution in [0, 0.1) is 0 Å². The van der Waals surface area contributed by atoms with Crippen LogP contribution < -0.4 is 20.1 Å². The third-order valence-electron chi connectivity index (χ3n) is 4.07. The summed E-state index contributed by atoms with van der Waals surface area (Å²) in [6.45, 7) is 2.25. The first-order valence-corrected chi connectivity index (χ1v) is 8.55. The highest BCUT2D eigenvalue weighted by Crippen LogP contribution is 2.34. The summed E-state index contributed by atoms with van der Waals surface area (Å²) in [5.74, 6) is 1.62. The van der Waals surface area contributed by atoms with Crippen molar-refractivity contribution >= 4 is 22.9 Å². The summed E-state index contributed by atoms with van der Waals surface area (Å²) >= 11 is 1.57. The molecule has 1 aromatic carbocycles.